The molecular weight excluding hydrogens is 268 g/mol. The van der Waals surface area contributed by atoms with Gasteiger partial charge in [-0.2, -0.15) is 0 Å². The zero-order chi connectivity index (χ0) is 15.6. The third-order valence-corrected chi connectivity index (χ3v) is 3.22. The molecule has 0 unspecified atom stereocenters. The molecule has 0 saturated carbocycles. The predicted molar refractivity (Wildman–Crippen MR) is 80.6 cm³/mol. The van der Waals surface area contributed by atoms with Crippen LogP contribution in [0, 0.1) is 5.41 Å². The number of pyridine rings is 1. The second-order valence-corrected chi connectivity index (χ2v) is 6.00. The smallest absolute Gasteiger partial charge is 0.271 e. The molecule has 0 aliphatic heterocycles. The Hall–Kier alpha value is -2.37. The van der Waals surface area contributed by atoms with Crippen LogP contribution in [0.2, 0.25) is 0 Å². The van der Waals surface area contributed by atoms with Gasteiger partial charge < -0.3 is 5.32 Å². The van der Waals surface area contributed by atoms with E-state index in [4.69, 9.17) is 0 Å². The van der Waals surface area contributed by atoms with Crippen molar-refractivity contribution >= 4 is 5.91 Å². The third kappa shape index (κ3) is 3.21. The summed E-state index contributed by atoms with van der Waals surface area (Å²) in [4.78, 5) is 28.1. The van der Waals surface area contributed by atoms with E-state index < -0.39 is 5.41 Å². The van der Waals surface area contributed by atoms with Crippen molar-refractivity contribution in [2.45, 2.75) is 27.3 Å². The van der Waals surface area contributed by atoms with Gasteiger partial charge in [0.1, 0.15) is 0 Å². The van der Waals surface area contributed by atoms with Gasteiger partial charge in [-0.3, -0.25) is 24.4 Å². The van der Waals surface area contributed by atoms with E-state index in [0.717, 1.165) is 5.56 Å². The standard InChI is InChI=1S/C15H20N4O2/c1-15(2,3)14(21)17-9-11-12(18-19(4)13(11)20)10-5-7-16-8-6-10/h5-8,18H,9H2,1-4H3,(H,17,21). The number of aromatic amines is 1. The molecule has 21 heavy (non-hydrogen) atoms. The Balaban J connectivity index is 2.32. The largest absolute Gasteiger partial charge is 0.351 e. The molecule has 0 saturated heterocycles. The highest BCUT2D eigenvalue weighted by Gasteiger charge is 2.22. The Morgan fingerprint density at radius 3 is 2.52 bits per heavy atom. The van der Waals surface area contributed by atoms with Gasteiger partial charge in [0.05, 0.1) is 17.8 Å². The number of amides is 1. The van der Waals surface area contributed by atoms with Gasteiger partial charge in [-0.15, -0.1) is 0 Å². The molecule has 6 heteroatoms. The van der Waals surface area contributed by atoms with Gasteiger partial charge in [0.15, 0.2) is 0 Å². The molecular formula is C15H20N4O2. The Morgan fingerprint density at radius 2 is 1.95 bits per heavy atom. The van der Waals surface area contributed by atoms with Crippen LogP contribution in [-0.2, 0) is 18.4 Å². The first-order valence-electron chi connectivity index (χ1n) is 6.77. The number of aryl methyl sites for hydroxylation is 1. The minimum atomic E-state index is -0.488. The Morgan fingerprint density at radius 1 is 1.33 bits per heavy atom. The first-order chi connectivity index (χ1) is 9.80. The molecule has 0 fully saturated rings. The molecule has 2 rings (SSSR count). The Labute approximate surface area is 123 Å². The minimum Gasteiger partial charge on any atom is -0.351 e. The Bertz CT molecular complexity index is 693. The van der Waals surface area contributed by atoms with E-state index in [1.54, 1.807) is 19.4 Å². The number of carbonyl (C=O) groups is 1. The fourth-order valence-corrected chi connectivity index (χ4v) is 1.95. The van der Waals surface area contributed by atoms with Crippen molar-refractivity contribution < 1.29 is 4.79 Å². The first-order valence-corrected chi connectivity index (χ1v) is 6.77. The number of carbonyl (C=O) groups excluding carboxylic acids is 1. The highest BCUT2D eigenvalue weighted by Crippen LogP contribution is 2.19. The summed E-state index contributed by atoms with van der Waals surface area (Å²) in [6.07, 6.45) is 3.33. The van der Waals surface area contributed by atoms with Gasteiger partial charge in [0.25, 0.3) is 5.56 Å². The van der Waals surface area contributed by atoms with Crippen molar-refractivity contribution in [3.8, 4) is 11.3 Å². The van der Waals surface area contributed by atoms with Gasteiger partial charge in [0, 0.05) is 30.4 Å². The molecule has 0 spiro atoms. The van der Waals surface area contributed by atoms with Crippen LogP contribution in [0.1, 0.15) is 26.3 Å². The average Bonchev–Trinajstić information content (AvgIpc) is 2.72. The quantitative estimate of drug-likeness (QED) is 0.897. The number of rotatable bonds is 3. The Kier molecular flexibility index (Phi) is 3.97. The molecule has 0 atom stereocenters. The third-order valence-electron chi connectivity index (χ3n) is 3.22. The van der Waals surface area contributed by atoms with E-state index in [1.807, 2.05) is 32.9 Å². The maximum Gasteiger partial charge on any atom is 0.271 e. The molecule has 0 radical (unpaired) electrons. The van der Waals surface area contributed by atoms with Gasteiger partial charge in [0.2, 0.25) is 5.91 Å². The number of hydrogen-bond donors (Lipinski definition) is 2. The lowest BCUT2D eigenvalue weighted by molar-refractivity contribution is -0.128. The average molecular weight is 288 g/mol. The summed E-state index contributed by atoms with van der Waals surface area (Å²) in [5, 5.41) is 5.83. The van der Waals surface area contributed by atoms with Crippen LogP contribution in [0.3, 0.4) is 0 Å². The fraction of sp³-hybridized carbons (Fsp3) is 0.400. The van der Waals surface area contributed by atoms with Gasteiger partial charge in [-0.1, -0.05) is 20.8 Å². The molecule has 0 aromatic carbocycles. The fourth-order valence-electron chi connectivity index (χ4n) is 1.95. The molecule has 2 N–H and O–H groups in total. The summed E-state index contributed by atoms with van der Waals surface area (Å²) in [7, 11) is 1.65. The summed E-state index contributed by atoms with van der Waals surface area (Å²) < 4.78 is 1.41. The van der Waals surface area contributed by atoms with Crippen molar-refractivity contribution in [3.63, 3.8) is 0 Å². The number of hydrogen-bond acceptors (Lipinski definition) is 3. The van der Waals surface area contributed by atoms with Crippen molar-refractivity contribution in [1.82, 2.24) is 20.1 Å². The first kappa shape index (κ1) is 15.0. The maximum absolute atomic E-state index is 12.2. The molecule has 1 amide bonds. The molecule has 112 valence electrons. The molecule has 0 aliphatic rings. The maximum atomic E-state index is 12.2. The van der Waals surface area contributed by atoms with E-state index in [-0.39, 0.29) is 18.0 Å². The summed E-state index contributed by atoms with van der Waals surface area (Å²) in [6, 6.07) is 3.64. The second kappa shape index (κ2) is 5.55. The zero-order valence-electron chi connectivity index (χ0n) is 12.7. The monoisotopic (exact) mass is 288 g/mol. The van der Waals surface area contributed by atoms with Gasteiger partial charge >= 0.3 is 0 Å². The van der Waals surface area contributed by atoms with E-state index in [1.165, 1.54) is 4.68 Å². The molecule has 2 aromatic heterocycles. The van der Waals surface area contributed by atoms with Crippen molar-refractivity contribution in [2.24, 2.45) is 12.5 Å². The van der Waals surface area contributed by atoms with Crippen molar-refractivity contribution in [3.05, 3.63) is 40.4 Å². The number of nitrogens with one attached hydrogen (secondary N) is 2. The summed E-state index contributed by atoms with van der Waals surface area (Å²) in [5.74, 6) is -0.0913. The molecule has 2 aromatic rings. The van der Waals surface area contributed by atoms with E-state index >= 15 is 0 Å². The topological polar surface area (TPSA) is 79.8 Å². The van der Waals surface area contributed by atoms with Gasteiger partial charge in [-0.05, 0) is 12.1 Å². The van der Waals surface area contributed by atoms with Crippen LogP contribution < -0.4 is 10.9 Å². The van der Waals surface area contributed by atoms with Crippen LogP contribution >= 0.6 is 0 Å². The van der Waals surface area contributed by atoms with Crippen LogP contribution in [-0.4, -0.2) is 20.7 Å². The normalized spacial score (nSPS) is 11.4. The number of H-pyrrole nitrogens is 1. The lowest BCUT2D eigenvalue weighted by Gasteiger charge is -2.17. The van der Waals surface area contributed by atoms with Crippen LogP contribution in [0.4, 0.5) is 0 Å². The van der Waals surface area contributed by atoms with E-state index in [0.29, 0.717) is 11.3 Å². The zero-order valence-corrected chi connectivity index (χ0v) is 12.7. The van der Waals surface area contributed by atoms with Crippen molar-refractivity contribution in [1.29, 1.82) is 0 Å². The van der Waals surface area contributed by atoms with Gasteiger partial charge in [-0.25, -0.2) is 0 Å². The second-order valence-electron chi connectivity index (χ2n) is 6.00. The summed E-state index contributed by atoms with van der Waals surface area (Å²) in [5.41, 5.74) is 1.48. The molecule has 2 heterocycles. The lowest BCUT2D eigenvalue weighted by atomic mass is 9.95. The highest BCUT2D eigenvalue weighted by atomic mass is 16.2. The SMILES string of the molecule is Cn1[nH]c(-c2ccncc2)c(CNC(=O)C(C)(C)C)c1=O. The van der Waals surface area contributed by atoms with Crippen LogP contribution in [0.5, 0.6) is 0 Å². The van der Waals surface area contributed by atoms with Crippen molar-refractivity contribution in [2.75, 3.05) is 0 Å². The molecule has 0 bridgehead atoms. The lowest BCUT2D eigenvalue weighted by Crippen LogP contribution is -2.35. The van der Waals surface area contributed by atoms with E-state index in [2.05, 4.69) is 15.4 Å². The van der Waals surface area contributed by atoms with Crippen LogP contribution in [0.15, 0.2) is 29.3 Å². The number of aromatic nitrogens is 3. The summed E-state index contributed by atoms with van der Waals surface area (Å²) >= 11 is 0. The highest BCUT2D eigenvalue weighted by molar-refractivity contribution is 5.81. The summed E-state index contributed by atoms with van der Waals surface area (Å²) in [6.45, 7) is 5.70. The molecule has 0 aliphatic carbocycles. The van der Waals surface area contributed by atoms with Crippen LogP contribution in [0.25, 0.3) is 11.3 Å². The minimum absolute atomic E-state index is 0.0913. The predicted octanol–water partition coefficient (Wildman–Crippen LogP) is 1.44. The van der Waals surface area contributed by atoms with E-state index in [9.17, 15) is 9.59 Å². The number of nitrogens with zero attached hydrogens (tertiary/aromatic N) is 2. The molecule has 6 nitrogen and oxygen atoms in total.